The molecule has 0 rings (SSSR count). The number of nitrogens with zero attached hydrogens (tertiary/aromatic N) is 1. The molecule has 0 aliphatic carbocycles. The predicted octanol–water partition coefficient (Wildman–Crippen LogP) is 3.73. The second kappa shape index (κ2) is 6.85. The van der Waals surface area contributed by atoms with Crippen LogP contribution in [0.2, 0.25) is 0 Å². The van der Waals surface area contributed by atoms with Gasteiger partial charge in [0.25, 0.3) is 0 Å². The van der Waals surface area contributed by atoms with Crippen molar-refractivity contribution in [1.82, 2.24) is 0 Å². The van der Waals surface area contributed by atoms with Crippen LogP contribution in [0.5, 0.6) is 0 Å². The zero-order valence-electron chi connectivity index (χ0n) is 7.65. The van der Waals surface area contributed by atoms with Crippen LogP contribution in [0.25, 0.3) is 0 Å². The first kappa shape index (κ1) is 13.5. The van der Waals surface area contributed by atoms with E-state index in [-0.39, 0.29) is 4.83 Å². The smallest absolute Gasteiger partial charge is 0.141 e. The van der Waals surface area contributed by atoms with Crippen molar-refractivity contribution >= 4 is 49.3 Å². The largest absolute Gasteiger partial charge is 0.386 e. The summed E-state index contributed by atoms with van der Waals surface area (Å²) >= 11 is 12.6. The number of hydrogen-bond donors (Lipinski definition) is 1. The molecule has 0 radical (unpaired) electrons. The Morgan fingerprint density at radius 1 is 1.54 bits per heavy atom. The summed E-state index contributed by atoms with van der Waals surface area (Å²) in [5.41, 5.74) is 5.68. The third-order valence-electron chi connectivity index (χ3n) is 1.44. The van der Waals surface area contributed by atoms with Crippen molar-refractivity contribution in [3.8, 4) is 0 Å². The summed E-state index contributed by atoms with van der Waals surface area (Å²) in [6.45, 7) is 4.01. The fraction of sp³-hybridized carbons (Fsp3) is 0.625. The van der Waals surface area contributed by atoms with Gasteiger partial charge in [-0.3, -0.25) is 0 Å². The van der Waals surface area contributed by atoms with Gasteiger partial charge < -0.3 is 5.73 Å². The van der Waals surface area contributed by atoms with Crippen LogP contribution in [0.3, 0.4) is 0 Å². The topological polar surface area (TPSA) is 38.4 Å². The molecule has 0 aromatic heterocycles. The highest BCUT2D eigenvalue weighted by Crippen LogP contribution is 2.20. The molecule has 0 amide bonds. The second-order valence-electron chi connectivity index (χ2n) is 2.46. The number of nitrogens with two attached hydrogens (primary N) is 1. The Balaban J connectivity index is 4.56. The van der Waals surface area contributed by atoms with Gasteiger partial charge in [0.2, 0.25) is 0 Å². The molecule has 0 aliphatic heterocycles. The average Bonchev–Trinajstić information content (AvgIpc) is 2.14. The van der Waals surface area contributed by atoms with Crippen molar-refractivity contribution < 1.29 is 0 Å². The van der Waals surface area contributed by atoms with E-state index in [0.29, 0.717) is 11.0 Å². The van der Waals surface area contributed by atoms with Crippen molar-refractivity contribution in [1.29, 1.82) is 0 Å². The van der Waals surface area contributed by atoms with Gasteiger partial charge in [0, 0.05) is 4.48 Å². The molecule has 13 heavy (non-hydrogen) atoms. The van der Waals surface area contributed by atoms with Crippen molar-refractivity contribution in [3.63, 3.8) is 0 Å². The second-order valence-corrected chi connectivity index (χ2v) is 4.88. The molecule has 0 spiro atoms. The molecule has 0 heterocycles. The number of allylic oxidation sites excluding steroid dienone is 1. The van der Waals surface area contributed by atoms with Crippen molar-refractivity contribution in [2.45, 2.75) is 31.5 Å². The summed E-state index contributed by atoms with van der Waals surface area (Å²) in [5, 5.41) is 0.429. The van der Waals surface area contributed by atoms with Gasteiger partial charge in [-0.15, -0.1) is 0 Å². The number of aliphatic imine (C=N–C) groups is 1. The zero-order valence-corrected chi connectivity index (χ0v) is 11.6. The maximum absolute atomic E-state index is 5.87. The van der Waals surface area contributed by atoms with Crippen LogP contribution >= 0.6 is 43.5 Å². The van der Waals surface area contributed by atoms with E-state index in [4.69, 9.17) is 17.3 Å². The number of halogens is 3. The SMILES string of the molecule is CC/C(Br)=C(Cl)\N=C(\N)C(Br)CC. The summed E-state index contributed by atoms with van der Waals surface area (Å²) < 4.78 is 0.868. The van der Waals surface area contributed by atoms with Crippen LogP contribution < -0.4 is 5.73 Å². The molecule has 0 aromatic rings. The van der Waals surface area contributed by atoms with E-state index in [1.165, 1.54) is 0 Å². The van der Waals surface area contributed by atoms with Gasteiger partial charge >= 0.3 is 0 Å². The van der Waals surface area contributed by atoms with Crippen molar-refractivity contribution in [2.75, 3.05) is 0 Å². The van der Waals surface area contributed by atoms with E-state index in [1.54, 1.807) is 0 Å². The van der Waals surface area contributed by atoms with Gasteiger partial charge in [-0.2, -0.15) is 0 Å². The van der Waals surface area contributed by atoms with Gasteiger partial charge in [-0.1, -0.05) is 57.3 Å². The van der Waals surface area contributed by atoms with Crippen LogP contribution in [0.4, 0.5) is 0 Å². The molecule has 1 unspecified atom stereocenters. The number of alkyl halides is 1. The Kier molecular flexibility index (Phi) is 7.09. The highest BCUT2D eigenvalue weighted by atomic mass is 79.9. The van der Waals surface area contributed by atoms with E-state index in [9.17, 15) is 0 Å². The molecule has 0 saturated carbocycles. The Morgan fingerprint density at radius 3 is 2.46 bits per heavy atom. The predicted molar refractivity (Wildman–Crippen MR) is 66.7 cm³/mol. The quantitative estimate of drug-likeness (QED) is 0.362. The number of rotatable bonds is 4. The lowest BCUT2D eigenvalue weighted by atomic mass is 10.3. The Labute approximate surface area is 101 Å². The maximum atomic E-state index is 5.87. The summed E-state index contributed by atoms with van der Waals surface area (Å²) in [4.78, 5) is 4.16. The standard InChI is InChI=1S/C8H13Br2ClN2/c1-3-5(9)7(11)13-8(12)6(10)4-2/h6H,3-4H2,1-2H3,(H2,12,13)/b7-5+. The number of hydrogen-bond acceptors (Lipinski definition) is 1. The summed E-state index contributed by atoms with van der Waals surface area (Å²) in [6, 6.07) is 0. The minimum atomic E-state index is 0.0957. The molecule has 76 valence electrons. The van der Waals surface area contributed by atoms with E-state index in [0.717, 1.165) is 17.3 Å². The van der Waals surface area contributed by atoms with Gasteiger partial charge in [-0.05, 0) is 12.8 Å². The molecule has 0 bridgehead atoms. The van der Waals surface area contributed by atoms with Crippen molar-refractivity contribution in [2.24, 2.45) is 10.7 Å². The highest BCUT2D eigenvalue weighted by molar-refractivity contribution is 9.11. The van der Waals surface area contributed by atoms with E-state index in [1.807, 2.05) is 13.8 Å². The van der Waals surface area contributed by atoms with Crippen LogP contribution in [0.15, 0.2) is 14.6 Å². The molecule has 0 aromatic carbocycles. The third kappa shape index (κ3) is 5.03. The lowest BCUT2D eigenvalue weighted by Crippen LogP contribution is -2.23. The van der Waals surface area contributed by atoms with Crippen LogP contribution in [-0.4, -0.2) is 10.7 Å². The molecule has 2 N–H and O–H groups in total. The minimum absolute atomic E-state index is 0.0957. The first-order valence-electron chi connectivity index (χ1n) is 4.05. The molecule has 2 nitrogen and oxygen atoms in total. The third-order valence-corrected chi connectivity index (χ3v) is 4.03. The molecule has 0 saturated heterocycles. The monoisotopic (exact) mass is 330 g/mol. The highest BCUT2D eigenvalue weighted by Gasteiger charge is 2.06. The Bertz CT molecular complexity index is 226. The molecule has 5 heteroatoms. The molecular weight excluding hydrogens is 319 g/mol. The fourth-order valence-electron chi connectivity index (χ4n) is 0.599. The normalized spacial score (nSPS) is 16.8. The fourth-order valence-corrected chi connectivity index (χ4v) is 1.02. The summed E-state index contributed by atoms with van der Waals surface area (Å²) in [6.07, 6.45) is 1.71. The lowest BCUT2D eigenvalue weighted by Gasteiger charge is -2.05. The Morgan fingerprint density at radius 2 is 2.08 bits per heavy atom. The first-order chi connectivity index (χ1) is 6.02. The van der Waals surface area contributed by atoms with E-state index >= 15 is 0 Å². The van der Waals surface area contributed by atoms with Gasteiger partial charge in [0.15, 0.2) is 0 Å². The van der Waals surface area contributed by atoms with Gasteiger partial charge in [0.1, 0.15) is 11.0 Å². The average molecular weight is 332 g/mol. The Hall–Kier alpha value is 0.460. The maximum Gasteiger partial charge on any atom is 0.141 e. The van der Waals surface area contributed by atoms with E-state index in [2.05, 4.69) is 36.9 Å². The van der Waals surface area contributed by atoms with Crippen LogP contribution in [0, 0.1) is 0 Å². The lowest BCUT2D eigenvalue weighted by molar-refractivity contribution is 1.01. The molecular formula is C8H13Br2ClN2. The first-order valence-corrected chi connectivity index (χ1v) is 6.13. The molecule has 1 atom stereocenters. The minimum Gasteiger partial charge on any atom is -0.386 e. The van der Waals surface area contributed by atoms with E-state index < -0.39 is 0 Å². The van der Waals surface area contributed by atoms with Crippen LogP contribution in [0.1, 0.15) is 26.7 Å². The number of amidine groups is 1. The van der Waals surface area contributed by atoms with Gasteiger partial charge in [0.05, 0.1) is 4.83 Å². The van der Waals surface area contributed by atoms with Crippen molar-refractivity contribution in [3.05, 3.63) is 9.64 Å². The summed E-state index contributed by atoms with van der Waals surface area (Å²) in [5.74, 6) is 0.512. The summed E-state index contributed by atoms with van der Waals surface area (Å²) in [7, 11) is 0. The molecule has 0 fully saturated rings. The zero-order chi connectivity index (χ0) is 10.4. The molecule has 0 aliphatic rings. The van der Waals surface area contributed by atoms with Gasteiger partial charge in [-0.25, -0.2) is 4.99 Å². The van der Waals surface area contributed by atoms with Crippen LogP contribution in [-0.2, 0) is 0 Å².